The van der Waals surface area contributed by atoms with Crippen LogP contribution in [0.4, 0.5) is 0 Å². The highest BCUT2D eigenvalue weighted by Gasteiger charge is 2.35. The van der Waals surface area contributed by atoms with Crippen molar-refractivity contribution in [3.05, 3.63) is 22.2 Å². The van der Waals surface area contributed by atoms with Gasteiger partial charge in [-0.1, -0.05) is 13.8 Å². The number of halogens is 1. The predicted molar refractivity (Wildman–Crippen MR) is 85.6 cm³/mol. The molecule has 0 aromatic heterocycles. The first-order chi connectivity index (χ1) is 9.62. The molecule has 3 nitrogen and oxygen atoms in total. The van der Waals surface area contributed by atoms with Crippen molar-refractivity contribution in [2.75, 3.05) is 20.8 Å². The lowest BCUT2D eigenvalue weighted by Gasteiger charge is -2.27. The van der Waals surface area contributed by atoms with Gasteiger partial charge in [0.05, 0.1) is 18.7 Å². The molecule has 1 fully saturated rings. The summed E-state index contributed by atoms with van der Waals surface area (Å²) in [7, 11) is 3.42. The lowest BCUT2D eigenvalue weighted by Crippen LogP contribution is -2.28. The monoisotopic (exact) mass is 341 g/mol. The SMILES string of the molecule is CCNC(c1cc(OC)c(Br)cc1OC)C(C)C1CC1. The van der Waals surface area contributed by atoms with Crippen molar-refractivity contribution in [3.8, 4) is 11.5 Å². The van der Waals surface area contributed by atoms with Gasteiger partial charge < -0.3 is 14.8 Å². The van der Waals surface area contributed by atoms with Crippen LogP contribution >= 0.6 is 15.9 Å². The van der Waals surface area contributed by atoms with Crippen molar-refractivity contribution in [1.29, 1.82) is 0 Å². The summed E-state index contributed by atoms with van der Waals surface area (Å²) < 4.78 is 11.9. The maximum absolute atomic E-state index is 5.58. The fourth-order valence-corrected chi connectivity index (χ4v) is 3.30. The number of nitrogens with one attached hydrogen (secondary N) is 1. The summed E-state index contributed by atoms with van der Waals surface area (Å²) in [5.41, 5.74) is 1.19. The normalized spacial score (nSPS) is 17.6. The van der Waals surface area contributed by atoms with Gasteiger partial charge in [0.2, 0.25) is 0 Å². The summed E-state index contributed by atoms with van der Waals surface area (Å²) in [6.45, 7) is 5.43. The van der Waals surface area contributed by atoms with E-state index in [4.69, 9.17) is 9.47 Å². The molecule has 0 radical (unpaired) electrons. The van der Waals surface area contributed by atoms with E-state index in [9.17, 15) is 0 Å². The molecule has 1 N–H and O–H groups in total. The van der Waals surface area contributed by atoms with Crippen molar-refractivity contribution in [2.24, 2.45) is 11.8 Å². The Morgan fingerprint density at radius 3 is 2.40 bits per heavy atom. The van der Waals surface area contributed by atoms with Gasteiger partial charge in [0.1, 0.15) is 11.5 Å². The zero-order valence-corrected chi connectivity index (χ0v) is 14.3. The molecule has 4 heteroatoms. The van der Waals surface area contributed by atoms with Gasteiger partial charge in [-0.3, -0.25) is 0 Å². The standard InChI is InChI=1S/C16H24BrNO2/c1-5-18-16(10(2)11-6-7-11)12-8-15(20-4)13(17)9-14(12)19-3/h8-11,16,18H,5-7H2,1-4H3. The van der Waals surface area contributed by atoms with E-state index in [1.807, 2.05) is 6.07 Å². The predicted octanol–water partition coefficient (Wildman–Crippen LogP) is 4.16. The molecule has 1 aromatic carbocycles. The van der Waals surface area contributed by atoms with Gasteiger partial charge in [-0.05, 0) is 59.3 Å². The Hall–Kier alpha value is -0.740. The number of hydrogen-bond donors (Lipinski definition) is 1. The highest BCUT2D eigenvalue weighted by Crippen LogP contribution is 2.46. The summed E-state index contributed by atoms with van der Waals surface area (Å²) in [4.78, 5) is 0. The number of benzene rings is 1. The quantitative estimate of drug-likeness (QED) is 0.807. The van der Waals surface area contributed by atoms with Crippen LogP contribution in [-0.4, -0.2) is 20.8 Å². The van der Waals surface area contributed by atoms with Crippen LogP contribution in [0.25, 0.3) is 0 Å². The Balaban J connectivity index is 2.39. The van der Waals surface area contributed by atoms with Crippen molar-refractivity contribution >= 4 is 15.9 Å². The Kier molecular flexibility index (Phi) is 5.33. The molecule has 2 rings (SSSR count). The molecule has 2 atom stereocenters. The lowest BCUT2D eigenvalue weighted by atomic mass is 9.90. The van der Waals surface area contributed by atoms with Gasteiger partial charge in [0, 0.05) is 11.6 Å². The summed E-state index contributed by atoms with van der Waals surface area (Å²) in [5, 5.41) is 3.61. The van der Waals surface area contributed by atoms with Gasteiger partial charge >= 0.3 is 0 Å². The van der Waals surface area contributed by atoms with Gasteiger partial charge in [0.25, 0.3) is 0 Å². The van der Waals surface area contributed by atoms with Gasteiger partial charge in [-0.2, -0.15) is 0 Å². The van der Waals surface area contributed by atoms with E-state index in [1.165, 1.54) is 18.4 Å². The Morgan fingerprint density at radius 2 is 1.90 bits per heavy atom. The number of ether oxygens (including phenoxy) is 2. The third kappa shape index (κ3) is 3.29. The second kappa shape index (κ2) is 6.81. The first kappa shape index (κ1) is 15.6. The van der Waals surface area contributed by atoms with E-state index in [0.29, 0.717) is 12.0 Å². The molecular formula is C16H24BrNO2. The third-order valence-electron chi connectivity index (χ3n) is 4.15. The smallest absolute Gasteiger partial charge is 0.133 e. The summed E-state index contributed by atoms with van der Waals surface area (Å²) in [5.74, 6) is 3.20. The highest BCUT2D eigenvalue weighted by molar-refractivity contribution is 9.10. The summed E-state index contributed by atoms with van der Waals surface area (Å²) in [6.07, 6.45) is 2.69. The Bertz CT molecular complexity index is 460. The van der Waals surface area contributed by atoms with Crippen LogP contribution in [0.1, 0.15) is 38.3 Å². The second-order valence-electron chi connectivity index (χ2n) is 5.46. The van der Waals surface area contributed by atoms with Crippen molar-refractivity contribution in [3.63, 3.8) is 0 Å². The van der Waals surface area contributed by atoms with Crippen molar-refractivity contribution in [2.45, 2.75) is 32.7 Å². The van der Waals surface area contributed by atoms with E-state index in [2.05, 4.69) is 41.2 Å². The number of hydrogen-bond acceptors (Lipinski definition) is 3. The number of methoxy groups -OCH3 is 2. The van der Waals surface area contributed by atoms with E-state index in [1.54, 1.807) is 14.2 Å². The van der Waals surface area contributed by atoms with Crippen LogP contribution in [0.3, 0.4) is 0 Å². The molecule has 1 saturated carbocycles. The minimum absolute atomic E-state index is 0.310. The fourth-order valence-electron chi connectivity index (χ4n) is 2.82. The topological polar surface area (TPSA) is 30.5 Å². The van der Waals surface area contributed by atoms with E-state index in [0.717, 1.165) is 28.4 Å². The zero-order valence-electron chi connectivity index (χ0n) is 12.7. The molecule has 1 aromatic rings. The van der Waals surface area contributed by atoms with Crippen molar-refractivity contribution < 1.29 is 9.47 Å². The molecule has 0 heterocycles. The minimum atomic E-state index is 0.310. The first-order valence-corrected chi connectivity index (χ1v) is 8.06. The molecule has 1 aliphatic carbocycles. The zero-order chi connectivity index (χ0) is 14.7. The molecule has 0 amide bonds. The highest BCUT2D eigenvalue weighted by atomic mass is 79.9. The molecule has 2 unspecified atom stereocenters. The van der Waals surface area contributed by atoms with Gasteiger partial charge in [-0.15, -0.1) is 0 Å². The van der Waals surface area contributed by atoms with Crippen LogP contribution in [0, 0.1) is 11.8 Å². The second-order valence-corrected chi connectivity index (χ2v) is 6.31. The van der Waals surface area contributed by atoms with Crippen LogP contribution in [0.15, 0.2) is 16.6 Å². The average Bonchev–Trinajstić information content (AvgIpc) is 3.28. The summed E-state index contributed by atoms with van der Waals surface area (Å²) in [6, 6.07) is 4.40. The molecule has 0 spiro atoms. The van der Waals surface area contributed by atoms with E-state index < -0.39 is 0 Å². The molecule has 112 valence electrons. The largest absolute Gasteiger partial charge is 0.496 e. The molecule has 0 aliphatic heterocycles. The first-order valence-electron chi connectivity index (χ1n) is 7.27. The van der Waals surface area contributed by atoms with Crippen LogP contribution < -0.4 is 14.8 Å². The molecule has 1 aliphatic rings. The minimum Gasteiger partial charge on any atom is -0.496 e. The average molecular weight is 342 g/mol. The van der Waals surface area contributed by atoms with E-state index >= 15 is 0 Å². The van der Waals surface area contributed by atoms with Crippen LogP contribution in [0.5, 0.6) is 11.5 Å². The maximum atomic E-state index is 5.58. The molecular weight excluding hydrogens is 318 g/mol. The van der Waals surface area contributed by atoms with Crippen LogP contribution in [-0.2, 0) is 0 Å². The third-order valence-corrected chi connectivity index (χ3v) is 4.77. The maximum Gasteiger partial charge on any atom is 0.133 e. The van der Waals surface area contributed by atoms with Gasteiger partial charge in [0.15, 0.2) is 0 Å². The fraction of sp³-hybridized carbons (Fsp3) is 0.625. The lowest BCUT2D eigenvalue weighted by molar-refractivity contribution is 0.333. The molecule has 0 bridgehead atoms. The molecule has 0 saturated heterocycles. The van der Waals surface area contributed by atoms with Crippen molar-refractivity contribution in [1.82, 2.24) is 5.32 Å². The summed E-state index contributed by atoms with van der Waals surface area (Å²) >= 11 is 3.52. The van der Waals surface area contributed by atoms with E-state index in [-0.39, 0.29) is 0 Å². The Labute approximate surface area is 130 Å². The Morgan fingerprint density at radius 1 is 1.25 bits per heavy atom. The van der Waals surface area contributed by atoms with Crippen LogP contribution in [0.2, 0.25) is 0 Å². The van der Waals surface area contributed by atoms with Gasteiger partial charge in [-0.25, -0.2) is 0 Å². The number of rotatable bonds is 7. The molecule has 20 heavy (non-hydrogen) atoms.